The van der Waals surface area contributed by atoms with Gasteiger partial charge < -0.3 is 10.3 Å². The van der Waals surface area contributed by atoms with Gasteiger partial charge in [0, 0.05) is 28.5 Å². The van der Waals surface area contributed by atoms with Gasteiger partial charge in [-0.05, 0) is 36.1 Å². The minimum absolute atomic E-state index is 0.00960. The Hall–Kier alpha value is -2.20. The summed E-state index contributed by atoms with van der Waals surface area (Å²) in [4.78, 5) is 16.9. The number of carbonyl (C=O) groups is 1. The van der Waals surface area contributed by atoms with Crippen molar-refractivity contribution in [3.05, 3.63) is 65.9 Å². The standard InChI is InChI=1S/C19H18N2OS/c22-19(18-11-13-5-1-4-8-17(13)23-18)20-10-9-14-12-21-16-7-3-2-6-15(14)16/h1-8,12,18,21H,9-11H2,(H,20,22)/t18-/m0/s1. The van der Waals surface area contributed by atoms with E-state index in [9.17, 15) is 4.79 Å². The normalized spacial score (nSPS) is 16.4. The number of hydrogen-bond acceptors (Lipinski definition) is 2. The van der Waals surface area contributed by atoms with Gasteiger partial charge in [-0.25, -0.2) is 0 Å². The van der Waals surface area contributed by atoms with E-state index in [4.69, 9.17) is 0 Å². The first kappa shape index (κ1) is 14.4. The molecule has 3 aromatic rings. The second-order valence-electron chi connectivity index (χ2n) is 5.82. The summed E-state index contributed by atoms with van der Waals surface area (Å²) in [5.41, 5.74) is 3.69. The van der Waals surface area contributed by atoms with Crippen LogP contribution in [0.4, 0.5) is 0 Å². The van der Waals surface area contributed by atoms with Crippen molar-refractivity contribution in [2.45, 2.75) is 23.0 Å². The Bertz CT molecular complexity index is 830. The van der Waals surface area contributed by atoms with Crippen LogP contribution in [0.2, 0.25) is 0 Å². The summed E-state index contributed by atoms with van der Waals surface area (Å²) in [6.07, 6.45) is 3.72. The Morgan fingerprint density at radius 3 is 2.91 bits per heavy atom. The molecule has 1 aliphatic rings. The third kappa shape index (κ3) is 2.86. The van der Waals surface area contributed by atoms with Gasteiger partial charge >= 0.3 is 0 Å². The van der Waals surface area contributed by atoms with Crippen molar-refractivity contribution < 1.29 is 4.79 Å². The Labute approximate surface area is 139 Å². The zero-order valence-electron chi connectivity index (χ0n) is 12.7. The topological polar surface area (TPSA) is 44.9 Å². The number of thioether (sulfide) groups is 1. The van der Waals surface area contributed by atoms with Crippen LogP contribution >= 0.6 is 11.8 Å². The van der Waals surface area contributed by atoms with Gasteiger partial charge in [-0.3, -0.25) is 4.79 Å². The number of H-pyrrole nitrogens is 1. The molecule has 3 nitrogen and oxygen atoms in total. The summed E-state index contributed by atoms with van der Waals surface area (Å²) in [5, 5.41) is 4.34. The minimum Gasteiger partial charge on any atom is -0.361 e. The van der Waals surface area contributed by atoms with Crippen molar-refractivity contribution in [2.24, 2.45) is 0 Å². The molecule has 1 aliphatic heterocycles. The Morgan fingerprint density at radius 2 is 2.00 bits per heavy atom. The molecule has 1 aromatic heterocycles. The van der Waals surface area contributed by atoms with Crippen LogP contribution in [0.1, 0.15) is 11.1 Å². The van der Waals surface area contributed by atoms with Gasteiger partial charge in [0.1, 0.15) is 0 Å². The second-order valence-corrected chi connectivity index (χ2v) is 7.06. The number of amides is 1. The van der Waals surface area contributed by atoms with Gasteiger partial charge in [0.05, 0.1) is 5.25 Å². The average Bonchev–Trinajstić information content (AvgIpc) is 3.19. The van der Waals surface area contributed by atoms with Gasteiger partial charge in [0.15, 0.2) is 0 Å². The summed E-state index contributed by atoms with van der Waals surface area (Å²) < 4.78 is 0. The van der Waals surface area contributed by atoms with Crippen LogP contribution in [0, 0.1) is 0 Å². The van der Waals surface area contributed by atoms with Gasteiger partial charge in [0.2, 0.25) is 5.91 Å². The highest BCUT2D eigenvalue weighted by atomic mass is 32.2. The predicted octanol–water partition coefficient (Wildman–Crippen LogP) is 3.54. The maximum Gasteiger partial charge on any atom is 0.233 e. The van der Waals surface area contributed by atoms with Crippen molar-refractivity contribution in [3.8, 4) is 0 Å². The van der Waals surface area contributed by atoms with Gasteiger partial charge in [-0.1, -0.05) is 36.4 Å². The first-order valence-electron chi connectivity index (χ1n) is 7.88. The number of hydrogen-bond donors (Lipinski definition) is 2. The zero-order chi connectivity index (χ0) is 15.6. The molecular formula is C19H18N2OS. The molecule has 2 heterocycles. The van der Waals surface area contributed by atoms with Crippen LogP contribution in [-0.2, 0) is 17.6 Å². The molecule has 0 aliphatic carbocycles. The molecule has 116 valence electrons. The van der Waals surface area contributed by atoms with Crippen LogP contribution in [0.3, 0.4) is 0 Å². The molecule has 4 heteroatoms. The summed E-state index contributed by atoms with van der Waals surface area (Å²) in [6, 6.07) is 16.5. The minimum atomic E-state index is 0.00960. The highest BCUT2D eigenvalue weighted by Crippen LogP contribution is 2.36. The van der Waals surface area contributed by atoms with Crippen LogP contribution in [0.25, 0.3) is 10.9 Å². The molecule has 0 saturated heterocycles. The van der Waals surface area contributed by atoms with Gasteiger partial charge in [0.25, 0.3) is 0 Å². The molecular weight excluding hydrogens is 304 g/mol. The maximum atomic E-state index is 12.4. The third-order valence-electron chi connectivity index (χ3n) is 4.31. The quantitative estimate of drug-likeness (QED) is 0.771. The summed E-state index contributed by atoms with van der Waals surface area (Å²) in [7, 11) is 0. The lowest BCUT2D eigenvalue weighted by Gasteiger charge is -2.09. The van der Waals surface area contributed by atoms with E-state index in [1.54, 1.807) is 11.8 Å². The number of nitrogens with one attached hydrogen (secondary N) is 2. The molecule has 1 atom stereocenters. The Kier molecular flexibility index (Phi) is 3.83. The van der Waals surface area contributed by atoms with Crippen LogP contribution < -0.4 is 5.32 Å². The van der Waals surface area contributed by atoms with Gasteiger partial charge in [-0.15, -0.1) is 11.8 Å². The van der Waals surface area contributed by atoms with Gasteiger partial charge in [-0.2, -0.15) is 0 Å². The monoisotopic (exact) mass is 322 g/mol. The molecule has 23 heavy (non-hydrogen) atoms. The Balaban J connectivity index is 1.34. The molecule has 0 bridgehead atoms. The van der Waals surface area contributed by atoms with E-state index in [1.165, 1.54) is 21.4 Å². The van der Waals surface area contributed by atoms with Crippen molar-refractivity contribution in [1.29, 1.82) is 0 Å². The lowest BCUT2D eigenvalue weighted by molar-refractivity contribution is -0.120. The van der Waals surface area contributed by atoms with E-state index in [1.807, 2.05) is 30.5 Å². The SMILES string of the molecule is O=C(NCCc1c[nH]c2ccccc12)[C@@H]1Cc2ccccc2S1. The fourth-order valence-corrected chi connectivity index (χ4v) is 4.32. The largest absolute Gasteiger partial charge is 0.361 e. The van der Waals surface area contributed by atoms with Crippen molar-refractivity contribution in [2.75, 3.05) is 6.54 Å². The first-order chi connectivity index (χ1) is 11.3. The van der Waals surface area contributed by atoms with E-state index < -0.39 is 0 Å². The fourth-order valence-electron chi connectivity index (χ4n) is 3.10. The van der Waals surface area contributed by atoms with Crippen LogP contribution in [-0.4, -0.2) is 22.7 Å². The highest BCUT2D eigenvalue weighted by molar-refractivity contribution is 8.01. The Morgan fingerprint density at radius 1 is 1.17 bits per heavy atom. The second kappa shape index (κ2) is 6.13. The number of carbonyl (C=O) groups excluding carboxylic acids is 1. The van der Waals surface area contributed by atoms with E-state index in [-0.39, 0.29) is 11.2 Å². The number of aromatic amines is 1. The summed E-state index contributed by atoms with van der Waals surface area (Å²) in [5.74, 6) is 0.144. The number of fused-ring (bicyclic) bond motifs is 2. The van der Waals surface area contributed by atoms with E-state index in [2.05, 4.69) is 34.6 Å². The summed E-state index contributed by atoms with van der Waals surface area (Å²) in [6.45, 7) is 0.675. The molecule has 1 amide bonds. The zero-order valence-corrected chi connectivity index (χ0v) is 13.5. The summed E-state index contributed by atoms with van der Waals surface area (Å²) >= 11 is 1.68. The third-order valence-corrected chi connectivity index (χ3v) is 5.63. The molecule has 4 rings (SSSR count). The van der Waals surface area contributed by atoms with Crippen molar-refractivity contribution in [1.82, 2.24) is 10.3 Å². The lowest BCUT2D eigenvalue weighted by Crippen LogP contribution is -2.33. The predicted molar refractivity (Wildman–Crippen MR) is 94.8 cm³/mol. The molecule has 2 N–H and O–H groups in total. The molecule has 0 unspecified atom stereocenters. The van der Waals surface area contributed by atoms with Crippen molar-refractivity contribution in [3.63, 3.8) is 0 Å². The smallest absolute Gasteiger partial charge is 0.233 e. The first-order valence-corrected chi connectivity index (χ1v) is 8.76. The van der Waals surface area contributed by atoms with E-state index in [0.29, 0.717) is 6.54 Å². The highest BCUT2D eigenvalue weighted by Gasteiger charge is 2.27. The van der Waals surface area contributed by atoms with E-state index >= 15 is 0 Å². The fraction of sp³-hybridized carbons (Fsp3) is 0.211. The molecule has 0 radical (unpaired) electrons. The number of aromatic nitrogens is 1. The van der Waals surface area contributed by atoms with Crippen LogP contribution in [0.5, 0.6) is 0 Å². The van der Waals surface area contributed by atoms with E-state index in [0.717, 1.165) is 18.4 Å². The molecule has 0 saturated carbocycles. The number of benzene rings is 2. The lowest BCUT2D eigenvalue weighted by atomic mass is 10.1. The number of rotatable bonds is 4. The average molecular weight is 322 g/mol. The number of para-hydroxylation sites is 1. The molecule has 0 fully saturated rings. The van der Waals surface area contributed by atoms with Crippen molar-refractivity contribution >= 4 is 28.6 Å². The van der Waals surface area contributed by atoms with Crippen LogP contribution in [0.15, 0.2) is 59.6 Å². The maximum absolute atomic E-state index is 12.4. The molecule has 2 aromatic carbocycles. The molecule has 0 spiro atoms.